The van der Waals surface area contributed by atoms with Crippen molar-refractivity contribution >= 4 is 17.7 Å². The lowest BCUT2D eigenvalue weighted by Crippen LogP contribution is -2.38. The van der Waals surface area contributed by atoms with E-state index in [9.17, 15) is 9.90 Å². The zero-order valence-corrected chi connectivity index (χ0v) is 14.3. The van der Waals surface area contributed by atoms with Crippen LogP contribution in [0.5, 0.6) is 5.75 Å². The van der Waals surface area contributed by atoms with Crippen molar-refractivity contribution in [2.75, 3.05) is 36.5 Å². The first kappa shape index (κ1) is 17.9. The maximum atomic E-state index is 10.9. The molecule has 1 aromatic heterocycles. The molecule has 3 rings (SSSR count). The predicted octanol–water partition coefficient (Wildman–Crippen LogP) is 1.63. The summed E-state index contributed by atoms with van der Waals surface area (Å²) in [5, 5.41) is 21.9. The Morgan fingerprint density at radius 3 is 3.08 bits per heavy atom. The Labute approximate surface area is 151 Å². The van der Waals surface area contributed by atoms with Crippen LogP contribution < -0.4 is 15.0 Å². The molecule has 1 aliphatic rings. The van der Waals surface area contributed by atoms with Crippen molar-refractivity contribution in [3.05, 3.63) is 42.1 Å². The van der Waals surface area contributed by atoms with Crippen molar-refractivity contribution in [3.8, 4) is 5.75 Å². The number of carboxylic acids is 1. The van der Waals surface area contributed by atoms with E-state index in [1.807, 2.05) is 6.07 Å². The van der Waals surface area contributed by atoms with Crippen LogP contribution in [0, 0.1) is 0 Å². The normalized spacial score (nSPS) is 17.0. The fraction of sp³-hybridized carbons (Fsp3) is 0.389. The minimum absolute atomic E-state index is 0.190. The van der Waals surface area contributed by atoms with Crippen molar-refractivity contribution < 1.29 is 19.7 Å². The van der Waals surface area contributed by atoms with Crippen LogP contribution in [0.3, 0.4) is 0 Å². The molecule has 0 amide bonds. The molecule has 1 saturated heterocycles. The van der Waals surface area contributed by atoms with Crippen molar-refractivity contribution in [2.45, 2.75) is 18.9 Å². The number of rotatable bonds is 7. The summed E-state index contributed by atoms with van der Waals surface area (Å²) < 4.78 is 5.55. The summed E-state index contributed by atoms with van der Waals surface area (Å²) in [6.45, 7) is 2.28. The molecular weight excluding hydrogens is 336 g/mol. The molecular formula is C18H22N4O4. The molecule has 8 nitrogen and oxygen atoms in total. The molecule has 1 aliphatic heterocycles. The Morgan fingerprint density at radius 2 is 2.27 bits per heavy atom. The van der Waals surface area contributed by atoms with Gasteiger partial charge < -0.3 is 25.2 Å². The number of carboxylic acid groups (broad SMARTS) is 1. The molecule has 1 atom stereocenters. The molecule has 0 aliphatic carbocycles. The number of carbonyl (C=O) groups is 1. The van der Waals surface area contributed by atoms with Crippen LogP contribution in [-0.2, 0) is 0 Å². The molecule has 0 radical (unpaired) electrons. The molecule has 1 unspecified atom stereocenters. The second-order valence-electron chi connectivity index (χ2n) is 6.09. The largest absolute Gasteiger partial charge is 0.492 e. The first-order valence-corrected chi connectivity index (χ1v) is 8.58. The maximum Gasteiger partial charge on any atom is 0.335 e. The van der Waals surface area contributed by atoms with Gasteiger partial charge in [0, 0.05) is 19.3 Å². The van der Waals surface area contributed by atoms with Crippen molar-refractivity contribution in [2.24, 2.45) is 0 Å². The number of aromatic carboxylic acids is 1. The highest BCUT2D eigenvalue weighted by molar-refractivity contribution is 5.87. The fourth-order valence-corrected chi connectivity index (χ4v) is 2.82. The van der Waals surface area contributed by atoms with Gasteiger partial charge in [0.25, 0.3) is 0 Å². The summed E-state index contributed by atoms with van der Waals surface area (Å²) >= 11 is 0. The Balaban J connectivity index is 1.50. The molecule has 2 aromatic rings. The molecule has 0 bridgehead atoms. The molecule has 2 heterocycles. The van der Waals surface area contributed by atoms with Gasteiger partial charge >= 0.3 is 5.97 Å². The Hall–Kier alpha value is -2.87. The Kier molecular flexibility index (Phi) is 5.85. The van der Waals surface area contributed by atoms with E-state index >= 15 is 0 Å². The van der Waals surface area contributed by atoms with Crippen LogP contribution in [0.25, 0.3) is 0 Å². The second-order valence-corrected chi connectivity index (χ2v) is 6.09. The molecule has 8 heteroatoms. The van der Waals surface area contributed by atoms with Crippen LogP contribution in [0.15, 0.2) is 36.5 Å². The maximum absolute atomic E-state index is 10.9. The highest BCUT2D eigenvalue weighted by atomic mass is 16.5. The van der Waals surface area contributed by atoms with Gasteiger partial charge in [-0.15, -0.1) is 0 Å². The van der Waals surface area contributed by atoms with E-state index in [-0.39, 0.29) is 11.7 Å². The van der Waals surface area contributed by atoms with Crippen LogP contribution >= 0.6 is 0 Å². The van der Waals surface area contributed by atoms with Gasteiger partial charge in [0.05, 0.1) is 18.2 Å². The molecule has 26 heavy (non-hydrogen) atoms. The molecule has 3 N–H and O–H groups in total. The van der Waals surface area contributed by atoms with E-state index in [0.29, 0.717) is 31.4 Å². The highest BCUT2D eigenvalue weighted by Crippen LogP contribution is 2.18. The summed E-state index contributed by atoms with van der Waals surface area (Å²) in [6, 6.07) is 8.19. The topological polar surface area (TPSA) is 108 Å². The van der Waals surface area contributed by atoms with Crippen LogP contribution in [0.1, 0.15) is 23.2 Å². The number of benzene rings is 1. The third-order valence-electron chi connectivity index (χ3n) is 4.10. The summed E-state index contributed by atoms with van der Waals surface area (Å²) in [6.07, 6.45) is 3.14. The summed E-state index contributed by atoms with van der Waals surface area (Å²) in [5.41, 5.74) is 0.190. The zero-order valence-electron chi connectivity index (χ0n) is 14.3. The van der Waals surface area contributed by atoms with Crippen molar-refractivity contribution in [1.82, 2.24) is 9.97 Å². The number of aliphatic hydroxyl groups excluding tert-OH is 1. The Bertz CT molecular complexity index is 755. The molecule has 138 valence electrons. The second kappa shape index (κ2) is 8.48. The van der Waals surface area contributed by atoms with Gasteiger partial charge in [-0.3, -0.25) is 0 Å². The quantitative estimate of drug-likeness (QED) is 0.641. The number of nitrogens with one attached hydrogen (secondary N) is 1. The summed E-state index contributed by atoms with van der Waals surface area (Å²) in [7, 11) is 0. The van der Waals surface area contributed by atoms with E-state index in [4.69, 9.17) is 9.84 Å². The third-order valence-corrected chi connectivity index (χ3v) is 4.10. The smallest absolute Gasteiger partial charge is 0.335 e. The molecule has 0 saturated carbocycles. The average molecular weight is 358 g/mol. The highest BCUT2D eigenvalue weighted by Gasteiger charge is 2.19. The monoisotopic (exact) mass is 358 g/mol. The number of hydrogen-bond acceptors (Lipinski definition) is 7. The van der Waals surface area contributed by atoms with Crippen LogP contribution in [-0.4, -0.2) is 58.5 Å². The molecule has 1 aromatic carbocycles. The Morgan fingerprint density at radius 1 is 1.38 bits per heavy atom. The van der Waals surface area contributed by atoms with E-state index < -0.39 is 5.97 Å². The summed E-state index contributed by atoms with van der Waals surface area (Å²) in [4.78, 5) is 21.7. The first-order chi connectivity index (χ1) is 12.6. The van der Waals surface area contributed by atoms with Gasteiger partial charge in [0.2, 0.25) is 5.95 Å². The number of aliphatic hydroxyl groups is 1. The van der Waals surface area contributed by atoms with Gasteiger partial charge in [0.1, 0.15) is 18.2 Å². The SMILES string of the molecule is O=C(O)c1cccc(OCCNc2nccc(N3CCCC(O)C3)n2)c1. The van der Waals surface area contributed by atoms with Crippen LogP contribution in [0.4, 0.5) is 11.8 Å². The van der Waals surface area contributed by atoms with Crippen molar-refractivity contribution in [3.63, 3.8) is 0 Å². The number of aromatic nitrogens is 2. The molecule has 0 spiro atoms. The van der Waals surface area contributed by atoms with E-state index in [1.165, 1.54) is 12.1 Å². The lowest BCUT2D eigenvalue weighted by atomic mass is 10.1. The predicted molar refractivity (Wildman–Crippen MR) is 96.9 cm³/mol. The van der Waals surface area contributed by atoms with Gasteiger partial charge in [0.15, 0.2) is 0 Å². The summed E-state index contributed by atoms with van der Waals surface area (Å²) in [5.74, 6) is 0.798. The van der Waals surface area contributed by atoms with Gasteiger partial charge in [-0.1, -0.05) is 6.07 Å². The number of ether oxygens (including phenoxy) is 1. The minimum atomic E-state index is -0.985. The third kappa shape index (κ3) is 4.82. The number of hydrogen-bond donors (Lipinski definition) is 3. The minimum Gasteiger partial charge on any atom is -0.492 e. The van der Waals surface area contributed by atoms with E-state index in [2.05, 4.69) is 20.2 Å². The standard InChI is InChI=1S/C18H22N4O4/c23-14-4-2-9-22(12-14)16-6-7-19-18(21-16)20-8-10-26-15-5-1-3-13(11-15)17(24)25/h1,3,5-7,11,14,23H,2,4,8-10,12H2,(H,24,25)(H,19,20,21). The number of piperidine rings is 1. The lowest BCUT2D eigenvalue weighted by molar-refractivity contribution is 0.0696. The average Bonchev–Trinajstić information content (AvgIpc) is 2.66. The van der Waals surface area contributed by atoms with E-state index in [0.717, 1.165) is 25.2 Å². The van der Waals surface area contributed by atoms with Crippen molar-refractivity contribution in [1.29, 1.82) is 0 Å². The first-order valence-electron chi connectivity index (χ1n) is 8.58. The number of anilines is 2. The van der Waals surface area contributed by atoms with E-state index in [1.54, 1.807) is 18.3 Å². The molecule has 1 fully saturated rings. The fourth-order valence-electron chi connectivity index (χ4n) is 2.82. The van der Waals surface area contributed by atoms with Crippen LogP contribution in [0.2, 0.25) is 0 Å². The van der Waals surface area contributed by atoms with Gasteiger partial charge in [-0.05, 0) is 37.1 Å². The number of β-amino-alcohol motifs (C(OH)–C–C–N with tert-alkyl or cyclic N) is 1. The van der Waals surface area contributed by atoms with Gasteiger partial charge in [-0.25, -0.2) is 9.78 Å². The zero-order chi connectivity index (χ0) is 18.4. The lowest BCUT2D eigenvalue weighted by Gasteiger charge is -2.31. The van der Waals surface area contributed by atoms with Gasteiger partial charge in [-0.2, -0.15) is 4.98 Å². The number of nitrogens with zero attached hydrogens (tertiary/aromatic N) is 3.